The Kier molecular flexibility index (Phi) is 2.84. The molecule has 2 nitrogen and oxygen atoms in total. The minimum absolute atomic E-state index is 0.457. The van der Waals surface area contributed by atoms with Crippen LogP contribution in [-0.4, -0.2) is 5.26 Å². The summed E-state index contributed by atoms with van der Waals surface area (Å²) >= 11 is 0. The molecule has 0 aliphatic heterocycles. The van der Waals surface area contributed by atoms with Crippen LogP contribution in [0.5, 0.6) is 0 Å². The Balaban J connectivity index is 2.95. The molecule has 0 aliphatic rings. The molecule has 1 aromatic carbocycles. The molecule has 0 bridgehead atoms. The fourth-order valence-electron chi connectivity index (χ4n) is 1.13. The topological polar surface area (TPSA) is 32.1 Å². The molecule has 1 unspecified atom stereocenters. The van der Waals surface area contributed by atoms with E-state index in [9.17, 15) is 0 Å². The van der Waals surface area contributed by atoms with Gasteiger partial charge in [-0.25, -0.2) is 0 Å². The van der Waals surface area contributed by atoms with E-state index in [2.05, 4.69) is 0 Å². The molecule has 12 heavy (non-hydrogen) atoms. The largest absolute Gasteiger partial charge is 0.259 e. The van der Waals surface area contributed by atoms with E-state index in [1.165, 1.54) is 0 Å². The standard InChI is InChI=1S/C10H14O2/c1-3-10(2,12-11)9-7-5-4-6-8-9/h4-8,11H,3H2,1-2H3/p+1. The summed E-state index contributed by atoms with van der Waals surface area (Å²) in [6.45, 7) is 3.94. The summed E-state index contributed by atoms with van der Waals surface area (Å²) in [6.07, 6.45) is 0.806. The molecular formula is C10H15O2+. The van der Waals surface area contributed by atoms with Gasteiger partial charge < -0.3 is 0 Å². The zero-order valence-corrected chi connectivity index (χ0v) is 7.50. The minimum atomic E-state index is -0.457. The van der Waals surface area contributed by atoms with E-state index in [0.717, 1.165) is 12.0 Å². The summed E-state index contributed by atoms with van der Waals surface area (Å²) < 4.78 is 0. The molecule has 0 radical (unpaired) electrons. The minimum Gasteiger partial charge on any atom is -0.259 e. The highest BCUT2D eigenvalue weighted by molar-refractivity contribution is 5.21. The Bertz CT molecular complexity index is 227. The normalized spacial score (nSPS) is 15.6. The highest BCUT2D eigenvalue weighted by Gasteiger charge is 2.28. The number of rotatable bonds is 3. The van der Waals surface area contributed by atoms with Crippen LogP contribution in [0.15, 0.2) is 30.3 Å². The first-order chi connectivity index (χ1) is 5.73. The van der Waals surface area contributed by atoms with Gasteiger partial charge in [-0.3, -0.25) is 5.26 Å². The molecule has 0 amide bonds. The third-order valence-corrected chi connectivity index (χ3v) is 2.28. The van der Waals surface area contributed by atoms with Crippen LogP contribution in [-0.2, 0) is 10.5 Å². The van der Waals surface area contributed by atoms with E-state index >= 15 is 0 Å². The molecule has 1 rings (SSSR count). The second-order valence-corrected chi connectivity index (χ2v) is 3.05. The molecule has 0 saturated carbocycles. The fraction of sp³-hybridized carbons (Fsp3) is 0.400. The predicted octanol–water partition coefficient (Wildman–Crippen LogP) is 1.97. The number of hydrogen-bond donors (Lipinski definition) is 0. The van der Waals surface area contributed by atoms with Crippen molar-refractivity contribution in [2.24, 2.45) is 0 Å². The van der Waals surface area contributed by atoms with Crippen molar-refractivity contribution in [3.63, 3.8) is 0 Å². The zero-order chi connectivity index (χ0) is 9.03. The SMILES string of the molecule is CCC(C)(O[OH2+])c1ccccc1. The van der Waals surface area contributed by atoms with Crippen LogP contribution in [0.25, 0.3) is 0 Å². The quantitative estimate of drug-likeness (QED) is 0.385. The molecule has 2 heteroatoms. The monoisotopic (exact) mass is 167 g/mol. The maximum atomic E-state index is 6.99. The first-order valence-corrected chi connectivity index (χ1v) is 4.13. The van der Waals surface area contributed by atoms with Gasteiger partial charge in [-0.15, -0.1) is 4.89 Å². The van der Waals surface area contributed by atoms with Gasteiger partial charge in [-0.2, -0.15) is 0 Å². The Morgan fingerprint density at radius 1 is 1.33 bits per heavy atom. The Hall–Kier alpha value is -0.860. The number of hydrogen-bond acceptors (Lipinski definition) is 1. The van der Waals surface area contributed by atoms with Gasteiger partial charge in [0.05, 0.1) is 0 Å². The average Bonchev–Trinajstić information content (AvgIpc) is 2.18. The second-order valence-electron chi connectivity index (χ2n) is 3.05. The smallest absolute Gasteiger partial charge is 0.171 e. The van der Waals surface area contributed by atoms with Crippen LogP contribution in [0.1, 0.15) is 25.8 Å². The van der Waals surface area contributed by atoms with Crippen molar-refractivity contribution in [1.29, 1.82) is 0 Å². The van der Waals surface area contributed by atoms with Crippen LogP contribution in [0.2, 0.25) is 0 Å². The predicted molar refractivity (Wildman–Crippen MR) is 48.8 cm³/mol. The van der Waals surface area contributed by atoms with Gasteiger partial charge in [-0.05, 0) is 18.9 Å². The van der Waals surface area contributed by atoms with Crippen LogP contribution < -0.4 is 0 Å². The van der Waals surface area contributed by atoms with Gasteiger partial charge in [0.2, 0.25) is 0 Å². The van der Waals surface area contributed by atoms with Crippen molar-refractivity contribution in [3.05, 3.63) is 35.9 Å². The fourth-order valence-corrected chi connectivity index (χ4v) is 1.13. The van der Waals surface area contributed by atoms with Gasteiger partial charge in [0, 0.05) is 0 Å². The molecule has 2 N–H and O–H groups in total. The number of benzene rings is 1. The molecular weight excluding hydrogens is 152 g/mol. The van der Waals surface area contributed by atoms with Crippen molar-refractivity contribution in [2.45, 2.75) is 25.9 Å². The summed E-state index contributed by atoms with van der Waals surface area (Å²) in [5, 5.41) is 6.99. The maximum absolute atomic E-state index is 6.99. The summed E-state index contributed by atoms with van der Waals surface area (Å²) in [5.41, 5.74) is 0.601. The van der Waals surface area contributed by atoms with E-state index < -0.39 is 5.60 Å². The van der Waals surface area contributed by atoms with E-state index in [-0.39, 0.29) is 0 Å². The lowest BCUT2D eigenvalue weighted by Gasteiger charge is -2.20. The summed E-state index contributed by atoms with van der Waals surface area (Å²) in [6, 6.07) is 9.85. The summed E-state index contributed by atoms with van der Waals surface area (Å²) in [4.78, 5) is 4.72. The first kappa shape index (κ1) is 9.23. The van der Waals surface area contributed by atoms with Crippen molar-refractivity contribution in [1.82, 2.24) is 0 Å². The van der Waals surface area contributed by atoms with Crippen molar-refractivity contribution in [3.8, 4) is 0 Å². The third kappa shape index (κ3) is 1.65. The molecule has 0 saturated heterocycles. The highest BCUT2D eigenvalue weighted by Crippen LogP contribution is 2.27. The molecule has 0 aromatic heterocycles. The van der Waals surface area contributed by atoms with Crippen molar-refractivity contribution in [2.75, 3.05) is 0 Å². The lowest BCUT2D eigenvalue weighted by atomic mass is 9.94. The van der Waals surface area contributed by atoms with E-state index in [1.54, 1.807) is 0 Å². The third-order valence-electron chi connectivity index (χ3n) is 2.28. The summed E-state index contributed by atoms with van der Waals surface area (Å²) in [7, 11) is 0. The van der Waals surface area contributed by atoms with Crippen LogP contribution in [0.3, 0.4) is 0 Å². The van der Waals surface area contributed by atoms with Gasteiger partial charge in [0.1, 0.15) is 0 Å². The average molecular weight is 167 g/mol. The van der Waals surface area contributed by atoms with Gasteiger partial charge >= 0.3 is 0 Å². The van der Waals surface area contributed by atoms with E-state index in [4.69, 9.17) is 10.1 Å². The van der Waals surface area contributed by atoms with Crippen LogP contribution >= 0.6 is 0 Å². The van der Waals surface area contributed by atoms with E-state index in [1.807, 2.05) is 44.2 Å². The van der Waals surface area contributed by atoms with E-state index in [0.29, 0.717) is 0 Å². The van der Waals surface area contributed by atoms with Gasteiger partial charge in [0.15, 0.2) is 5.60 Å². The molecule has 1 aromatic rings. The summed E-state index contributed by atoms with van der Waals surface area (Å²) in [5.74, 6) is 0. The Morgan fingerprint density at radius 3 is 2.33 bits per heavy atom. The lowest BCUT2D eigenvalue weighted by Crippen LogP contribution is -2.23. The van der Waals surface area contributed by atoms with Crippen LogP contribution in [0, 0.1) is 0 Å². The molecule has 0 spiro atoms. The lowest BCUT2D eigenvalue weighted by molar-refractivity contribution is -0.324. The van der Waals surface area contributed by atoms with Gasteiger partial charge in [0.25, 0.3) is 0 Å². The first-order valence-electron chi connectivity index (χ1n) is 4.13. The van der Waals surface area contributed by atoms with Crippen molar-refractivity contribution >= 4 is 0 Å². The van der Waals surface area contributed by atoms with Crippen molar-refractivity contribution < 1.29 is 10.1 Å². The molecule has 0 heterocycles. The second kappa shape index (κ2) is 3.70. The molecule has 1 atom stereocenters. The molecule has 0 aliphatic carbocycles. The highest BCUT2D eigenvalue weighted by atomic mass is 17.1. The maximum Gasteiger partial charge on any atom is 0.171 e. The van der Waals surface area contributed by atoms with Crippen LogP contribution in [0.4, 0.5) is 0 Å². The zero-order valence-electron chi connectivity index (χ0n) is 7.50. The van der Waals surface area contributed by atoms with Gasteiger partial charge in [-0.1, -0.05) is 37.3 Å². The Labute approximate surface area is 72.7 Å². The molecule has 66 valence electrons. The molecule has 0 fully saturated rings. The Morgan fingerprint density at radius 2 is 1.92 bits per heavy atom.